The Morgan fingerprint density at radius 1 is 1.12 bits per heavy atom. The lowest BCUT2D eigenvalue weighted by Crippen LogP contribution is -2.42. The number of carbonyl (C=O) groups is 1. The molecule has 0 atom stereocenters. The van der Waals surface area contributed by atoms with E-state index in [0.29, 0.717) is 5.41 Å². The third-order valence-electron chi connectivity index (χ3n) is 4.12. The maximum Gasteiger partial charge on any atom is 0.317 e. The van der Waals surface area contributed by atoms with Gasteiger partial charge in [-0.05, 0) is 57.0 Å². The molecule has 0 radical (unpaired) electrons. The molecule has 0 bridgehead atoms. The van der Waals surface area contributed by atoms with Crippen molar-refractivity contribution in [2.45, 2.75) is 38.5 Å². The van der Waals surface area contributed by atoms with Crippen molar-refractivity contribution >= 4 is 5.97 Å². The molecule has 1 heterocycles. The van der Waals surface area contributed by atoms with Crippen molar-refractivity contribution in [2.24, 2.45) is 5.41 Å². The van der Waals surface area contributed by atoms with Gasteiger partial charge >= 0.3 is 5.97 Å². The van der Waals surface area contributed by atoms with Crippen molar-refractivity contribution in [3.8, 4) is 0 Å². The summed E-state index contributed by atoms with van der Waals surface area (Å²) in [4.78, 5) is 12.7. The van der Waals surface area contributed by atoms with Crippen molar-refractivity contribution in [3.05, 3.63) is 12.2 Å². The minimum absolute atomic E-state index is 0.217. The first-order valence-corrected chi connectivity index (χ1v) is 6.29. The van der Waals surface area contributed by atoms with Crippen LogP contribution < -0.4 is 0 Å². The third-order valence-corrected chi connectivity index (χ3v) is 4.12. The third kappa shape index (κ3) is 2.85. The monoisotopic (exact) mass is 223 g/mol. The van der Waals surface area contributed by atoms with Gasteiger partial charge in [0.05, 0.1) is 6.54 Å². The molecule has 1 N–H and O–H groups in total. The lowest BCUT2D eigenvalue weighted by Gasteiger charge is -2.41. The summed E-state index contributed by atoms with van der Waals surface area (Å²) in [6.45, 7) is 2.15. The predicted octanol–water partition coefficient (Wildman–Crippen LogP) is 2.28. The van der Waals surface area contributed by atoms with Crippen molar-refractivity contribution in [3.63, 3.8) is 0 Å². The number of likely N-dealkylation sites (tertiary alicyclic amines) is 1. The van der Waals surface area contributed by atoms with Gasteiger partial charge in [-0.3, -0.25) is 9.69 Å². The quantitative estimate of drug-likeness (QED) is 0.730. The standard InChI is InChI=1S/C13H21NO2/c15-12(16)11-14-9-7-13(8-10-14)5-3-1-2-4-6-13/h1-2H,3-11H2,(H,15,16). The van der Waals surface area contributed by atoms with Gasteiger partial charge in [0.25, 0.3) is 0 Å². The van der Waals surface area contributed by atoms with Crippen LogP contribution >= 0.6 is 0 Å². The van der Waals surface area contributed by atoms with Gasteiger partial charge in [-0.2, -0.15) is 0 Å². The first kappa shape index (κ1) is 11.6. The molecule has 90 valence electrons. The second-order valence-corrected chi connectivity index (χ2v) is 5.22. The van der Waals surface area contributed by atoms with Crippen LogP contribution in [0.2, 0.25) is 0 Å². The summed E-state index contributed by atoms with van der Waals surface area (Å²) in [5.74, 6) is -0.696. The molecule has 0 unspecified atom stereocenters. The molecule has 3 nitrogen and oxygen atoms in total. The van der Waals surface area contributed by atoms with Crippen molar-refractivity contribution in [1.82, 2.24) is 4.90 Å². The Kier molecular flexibility index (Phi) is 3.64. The van der Waals surface area contributed by atoms with E-state index >= 15 is 0 Å². The van der Waals surface area contributed by atoms with Crippen molar-refractivity contribution in [1.29, 1.82) is 0 Å². The zero-order valence-electron chi connectivity index (χ0n) is 9.82. The van der Waals surface area contributed by atoms with Crippen molar-refractivity contribution < 1.29 is 9.90 Å². The fourth-order valence-corrected chi connectivity index (χ4v) is 3.02. The highest BCUT2D eigenvalue weighted by molar-refractivity contribution is 5.69. The number of piperidine rings is 1. The number of carboxylic acids is 1. The molecular formula is C13H21NO2. The zero-order chi connectivity index (χ0) is 11.4. The van der Waals surface area contributed by atoms with Gasteiger partial charge in [-0.25, -0.2) is 0 Å². The molecule has 1 aliphatic heterocycles. The molecule has 3 heteroatoms. The Morgan fingerprint density at radius 2 is 1.69 bits per heavy atom. The Hall–Kier alpha value is -0.830. The van der Waals surface area contributed by atoms with Gasteiger partial charge in [0.15, 0.2) is 0 Å². The Labute approximate surface area is 97.1 Å². The summed E-state index contributed by atoms with van der Waals surface area (Å²) in [7, 11) is 0. The van der Waals surface area contributed by atoms with Crippen LogP contribution in [0.4, 0.5) is 0 Å². The summed E-state index contributed by atoms with van der Waals surface area (Å²) in [5, 5.41) is 8.76. The minimum Gasteiger partial charge on any atom is -0.480 e. The van der Waals surface area contributed by atoms with E-state index in [2.05, 4.69) is 17.1 Å². The molecule has 0 amide bonds. The fourth-order valence-electron chi connectivity index (χ4n) is 3.02. The number of allylic oxidation sites excluding steroid dienone is 2. The van der Waals surface area contributed by atoms with Crippen LogP contribution in [0.1, 0.15) is 38.5 Å². The number of hydrogen-bond acceptors (Lipinski definition) is 2. The van der Waals surface area contributed by atoms with Crippen molar-refractivity contribution in [2.75, 3.05) is 19.6 Å². The second kappa shape index (κ2) is 5.00. The Morgan fingerprint density at radius 3 is 2.19 bits per heavy atom. The largest absolute Gasteiger partial charge is 0.480 e. The molecule has 1 saturated heterocycles. The van der Waals surface area contributed by atoms with Gasteiger partial charge in [-0.1, -0.05) is 12.2 Å². The molecular weight excluding hydrogens is 202 g/mol. The molecule has 1 fully saturated rings. The number of carboxylic acid groups (broad SMARTS) is 1. The topological polar surface area (TPSA) is 40.5 Å². The van der Waals surface area contributed by atoms with Crippen LogP contribution in [0.15, 0.2) is 12.2 Å². The van der Waals surface area contributed by atoms with Gasteiger partial charge in [0.2, 0.25) is 0 Å². The lowest BCUT2D eigenvalue weighted by atomic mass is 9.72. The van der Waals surface area contributed by atoms with Gasteiger partial charge in [0.1, 0.15) is 0 Å². The van der Waals surface area contributed by atoms with Gasteiger partial charge in [-0.15, -0.1) is 0 Å². The molecule has 1 spiro atoms. The van der Waals surface area contributed by atoms with Crippen LogP contribution in [0.5, 0.6) is 0 Å². The van der Waals surface area contributed by atoms with Crippen LogP contribution in [0.25, 0.3) is 0 Å². The number of rotatable bonds is 2. The molecule has 0 aromatic heterocycles. The number of aliphatic carboxylic acids is 1. The molecule has 1 aliphatic carbocycles. The van der Waals surface area contributed by atoms with E-state index in [0.717, 1.165) is 13.1 Å². The van der Waals surface area contributed by atoms with E-state index in [9.17, 15) is 4.79 Å². The fraction of sp³-hybridized carbons (Fsp3) is 0.769. The molecule has 0 saturated carbocycles. The van der Waals surface area contributed by atoms with E-state index in [-0.39, 0.29) is 6.54 Å². The molecule has 0 aromatic carbocycles. The summed E-state index contributed by atoms with van der Waals surface area (Å²) < 4.78 is 0. The highest BCUT2D eigenvalue weighted by Crippen LogP contribution is 2.41. The minimum atomic E-state index is -0.696. The second-order valence-electron chi connectivity index (χ2n) is 5.22. The Bertz CT molecular complexity index is 266. The molecule has 0 aromatic rings. The van der Waals surface area contributed by atoms with Gasteiger partial charge in [0, 0.05) is 0 Å². The first-order chi connectivity index (χ1) is 7.70. The summed E-state index contributed by atoms with van der Waals surface area (Å²) in [5.41, 5.74) is 0.512. The maximum absolute atomic E-state index is 10.6. The van der Waals surface area contributed by atoms with Crippen LogP contribution in [0.3, 0.4) is 0 Å². The smallest absolute Gasteiger partial charge is 0.317 e. The molecule has 16 heavy (non-hydrogen) atoms. The first-order valence-electron chi connectivity index (χ1n) is 6.29. The van der Waals surface area contributed by atoms with E-state index < -0.39 is 5.97 Å². The highest BCUT2D eigenvalue weighted by Gasteiger charge is 2.34. The Balaban J connectivity index is 1.85. The van der Waals surface area contributed by atoms with E-state index in [4.69, 9.17) is 5.11 Å². The molecule has 2 rings (SSSR count). The lowest BCUT2D eigenvalue weighted by molar-refractivity contribution is -0.139. The maximum atomic E-state index is 10.6. The van der Waals surface area contributed by atoms with Crippen LogP contribution in [-0.4, -0.2) is 35.6 Å². The zero-order valence-corrected chi connectivity index (χ0v) is 9.82. The average molecular weight is 223 g/mol. The number of hydrogen-bond donors (Lipinski definition) is 1. The summed E-state index contributed by atoms with van der Waals surface area (Å²) >= 11 is 0. The number of nitrogens with zero attached hydrogens (tertiary/aromatic N) is 1. The average Bonchev–Trinajstić information content (AvgIpc) is 2.48. The van der Waals surface area contributed by atoms with Gasteiger partial charge < -0.3 is 5.11 Å². The van der Waals surface area contributed by atoms with E-state index in [1.807, 2.05) is 0 Å². The normalized spacial score (nSPS) is 25.5. The summed E-state index contributed by atoms with van der Waals surface area (Å²) in [6, 6.07) is 0. The van der Waals surface area contributed by atoms with Crippen LogP contribution in [0, 0.1) is 5.41 Å². The van der Waals surface area contributed by atoms with E-state index in [1.165, 1.54) is 38.5 Å². The SMILES string of the molecule is O=C(O)CN1CCC2(CCC=CCC2)CC1. The summed E-state index contributed by atoms with van der Waals surface area (Å²) in [6.07, 6.45) is 12.0. The van der Waals surface area contributed by atoms with E-state index in [1.54, 1.807) is 0 Å². The molecule has 2 aliphatic rings. The van der Waals surface area contributed by atoms with Crippen LogP contribution in [-0.2, 0) is 4.79 Å². The predicted molar refractivity (Wildman–Crippen MR) is 63.4 cm³/mol. The highest BCUT2D eigenvalue weighted by atomic mass is 16.4.